The summed E-state index contributed by atoms with van der Waals surface area (Å²) in [6, 6.07) is 0. The lowest BCUT2D eigenvalue weighted by atomic mass is 10.4. The Hall–Kier alpha value is -0.810. The van der Waals surface area contributed by atoms with Crippen LogP contribution in [0.1, 0.15) is 6.92 Å². The largest absolute Gasteiger partial charge is 0.450 e. The zero-order valence-corrected chi connectivity index (χ0v) is 7.91. The average molecular weight is 188 g/mol. The summed E-state index contributed by atoms with van der Waals surface area (Å²) in [5.41, 5.74) is 0. The van der Waals surface area contributed by atoms with Crippen molar-refractivity contribution in [1.29, 1.82) is 0 Å². The Balaban J connectivity index is 2.06. The number of hydrogen-bond donors (Lipinski definition) is 1. The Labute approximate surface area is 78.0 Å². The van der Waals surface area contributed by atoms with Gasteiger partial charge in [-0.3, -0.25) is 4.90 Å². The van der Waals surface area contributed by atoms with Crippen LogP contribution in [-0.4, -0.2) is 50.6 Å². The maximum Gasteiger partial charge on any atom is 0.408 e. The number of nitrogens with one attached hydrogen (secondary N) is 1. The van der Waals surface area contributed by atoms with Gasteiger partial charge in [-0.25, -0.2) is 4.79 Å². The Bertz CT molecular complexity index is 157. The van der Waals surface area contributed by atoms with E-state index < -0.39 is 0 Å². The van der Waals surface area contributed by atoms with E-state index in [2.05, 4.69) is 10.2 Å². The molecule has 0 aliphatic carbocycles. The van der Waals surface area contributed by atoms with Gasteiger partial charge >= 0.3 is 6.09 Å². The highest BCUT2D eigenvalue weighted by Gasteiger charge is 2.10. The molecular formula is C8H16N2O3. The first kappa shape index (κ1) is 10.3. The number of nitrogens with zero attached hydrogens (tertiary/aromatic N) is 1. The van der Waals surface area contributed by atoms with Crippen molar-refractivity contribution in [3.05, 3.63) is 0 Å². The fraction of sp³-hybridized carbons (Fsp3) is 0.875. The second kappa shape index (κ2) is 5.77. The van der Waals surface area contributed by atoms with Gasteiger partial charge in [-0.15, -0.1) is 0 Å². The number of amides is 1. The van der Waals surface area contributed by atoms with Gasteiger partial charge in [0.05, 0.1) is 26.5 Å². The first-order chi connectivity index (χ1) is 6.33. The number of ether oxygens (including phenoxy) is 2. The summed E-state index contributed by atoms with van der Waals surface area (Å²) in [5.74, 6) is 0. The third-order valence-corrected chi connectivity index (χ3v) is 1.83. The predicted octanol–water partition coefficient (Wildman–Crippen LogP) is 0.0222. The minimum Gasteiger partial charge on any atom is -0.450 e. The standard InChI is InChI=1S/C8H16N2O3/c1-2-13-8(11)9-7-10-3-5-12-6-4-10/h2-7H2,1H3,(H,9,11). The first-order valence-electron chi connectivity index (χ1n) is 4.53. The maximum atomic E-state index is 10.9. The van der Waals surface area contributed by atoms with Crippen molar-refractivity contribution in [3.63, 3.8) is 0 Å². The Kier molecular flexibility index (Phi) is 4.56. The highest BCUT2D eigenvalue weighted by Crippen LogP contribution is 1.93. The van der Waals surface area contributed by atoms with Crippen LogP contribution in [0.5, 0.6) is 0 Å². The van der Waals surface area contributed by atoms with Gasteiger partial charge in [0.25, 0.3) is 0 Å². The van der Waals surface area contributed by atoms with Crippen LogP contribution in [0.15, 0.2) is 0 Å². The summed E-state index contributed by atoms with van der Waals surface area (Å²) >= 11 is 0. The van der Waals surface area contributed by atoms with Crippen molar-refractivity contribution in [3.8, 4) is 0 Å². The SMILES string of the molecule is CCOC(=O)NCN1CCOCC1. The van der Waals surface area contributed by atoms with Gasteiger partial charge in [0.15, 0.2) is 0 Å². The molecule has 0 aromatic rings. The van der Waals surface area contributed by atoms with Crippen LogP contribution in [0.3, 0.4) is 0 Å². The monoisotopic (exact) mass is 188 g/mol. The molecule has 0 bridgehead atoms. The number of morpholine rings is 1. The molecule has 13 heavy (non-hydrogen) atoms. The Morgan fingerprint density at radius 1 is 1.54 bits per heavy atom. The highest BCUT2D eigenvalue weighted by molar-refractivity contribution is 5.66. The second-order valence-corrected chi connectivity index (χ2v) is 2.79. The summed E-state index contributed by atoms with van der Waals surface area (Å²) in [6.45, 7) is 5.96. The summed E-state index contributed by atoms with van der Waals surface area (Å²) in [5, 5.41) is 2.66. The summed E-state index contributed by atoms with van der Waals surface area (Å²) in [6.07, 6.45) is -0.353. The zero-order chi connectivity index (χ0) is 9.52. The Morgan fingerprint density at radius 3 is 2.85 bits per heavy atom. The van der Waals surface area contributed by atoms with E-state index >= 15 is 0 Å². The molecular weight excluding hydrogens is 172 g/mol. The molecule has 0 aromatic heterocycles. The van der Waals surface area contributed by atoms with Crippen molar-refractivity contribution in [2.45, 2.75) is 6.92 Å². The van der Waals surface area contributed by atoms with Crippen molar-refractivity contribution in [2.24, 2.45) is 0 Å². The lowest BCUT2D eigenvalue weighted by Gasteiger charge is -2.26. The van der Waals surface area contributed by atoms with E-state index in [4.69, 9.17) is 9.47 Å². The smallest absolute Gasteiger partial charge is 0.408 e. The molecule has 1 fully saturated rings. The van der Waals surface area contributed by atoms with Gasteiger partial charge in [-0.2, -0.15) is 0 Å². The van der Waals surface area contributed by atoms with Crippen LogP contribution < -0.4 is 5.32 Å². The average Bonchev–Trinajstić information content (AvgIpc) is 2.17. The quantitative estimate of drug-likeness (QED) is 0.678. The minimum absolute atomic E-state index is 0.353. The molecule has 1 rings (SSSR count). The number of carbonyl (C=O) groups excluding carboxylic acids is 1. The van der Waals surface area contributed by atoms with Gasteiger partial charge in [-0.1, -0.05) is 0 Å². The summed E-state index contributed by atoms with van der Waals surface area (Å²) in [4.78, 5) is 13.0. The van der Waals surface area contributed by atoms with Crippen LogP contribution in [0.2, 0.25) is 0 Å². The fourth-order valence-electron chi connectivity index (χ4n) is 1.12. The normalized spacial score (nSPS) is 18.2. The summed E-state index contributed by atoms with van der Waals surface area (Å²) in [7, 11) is 0. The molecule has 1 saturated heterocycles. The Morgan fingerprint density at radius 2 is 2.23 bits per heavy atom. The van der Waals surface area contributed by atoms with Crippen molar-refractivity contribution in [2.75, 3.05) is 39.6 Å². The van der Waals surface area contributed by atoms with Gasteiger partial charge < -0.3 is 14.8 Å². The molecule has 5 heteroatoms. The lowest BCUT2D eigenvalue weighted by Crippen LogP contribution is -2.43. The molecule has 0 radical (unpaired) electrons. The van der Waals surface area contributed by atoms with Gasteiger partial charge in [-0.05, 0) is 6.92 Å². The number of carbonyl (C=O) groups is 1. The van der Waals surface area contributed by atoms with Crippen LogP contribution >= 0.6 is 0 Å². The van der Waals surface area contributed by atoms with E-state index in [-0.39, 0.29) is 6.09 Å². The zero-order valence-electron chi connectivity index (χ0n) is 7.91. The lowest BCUT2D eigenvalue weighted by molar-refractivity contribution is 0.0333. The molecule has 1 heterocycles. The number of rotatable bonds is 3. The van der Waals surface area contributed by atoms with Gasteiger partial charge in [0.2, 0.25) is 0 Å². The highest BCUT2D eigenvalue weighted by atomic mass is 16.5. The van der Waals surface area contributed by atoms with E-state index in [1.165, 1.54) is 0 Å². The predicted molar refractivity (Wildman–Crippen MR) is 47.4 cm³/mol. The van der Waals surface area contributed by atoms with E-state index in [1.807, 2.05) is 0 Å². The van der Waals surface area contributed by atoms with Crippen molar-refractivity contribution >= 4 is 6.09 Å². The third-order valence-electron chi connectivity index (χ3n) is 1.83. The fourth-order valence-corrected chi connectivity index (χ4v) is 1.12. The molecule has 5 nitrogen and oxygen atoms in total. The molecule has 76 valence electrons. The maximum absolute atomic E-state index is 10.9. The van der Waals surface area contributed by atoms with Gasteiger partial charge in [0, 0.05) is 13.1 Å². The van der Waals surface area contributed by atoms with Crippen molar-refractivity contribution < 1.29 is 14.3 Å². The molecule has 1 amide bonds. The van der Waals surface area contributed by atoms with Crippen LogP contribution in [0.25, 0.3) is 0 Å². The second-order valence-electron chi connectivity index (χ2n) is 2.79. The molecule has 0 atom stereocenters. The molecule has 0 saturated carbocycles. The van der Waals surface area contributed by atoms with Gasteiger partial charge in [0.1, 0.15) is 0 Å². The molecule has 0 aromatic carbocycles. The molecule has 1 aliphatic rings. The van der Waals surface area contributed by atoms with Crippen LogP contribution in [0, 0.1) is 0 Å². The topological polar surface area (TPSA) is 50.8 Å². The number of hydrogen-bond acceptors (Lipinski definition) is 4. The molecule has 1 N–H and O–H groups in total. The van der Waals surface area contributed by atoms with Crippen molar-refractivity contribution in [1.82, 2.24) is 10.2 Å². The molecule has 0 spiro atoms. The minimum atomic E-state index is -0.353. The van der Waals surface area contributed by atoms with E-state index in [1.54, 1.807) is 6.92 Å². The molecule has 0 unspecified atom stereocenters. The van der Waals surface area contributed by atoms with Crippen LogP contribution in [-0.2, 0) is 9.47 Å². The van der Waals surface area contributed by atoms with E-state index in [9.17, 15) is 4.79 Å². The number of alkyl carbamates (subject to hydrolysis) is 1. The summed E-state index contributed by atoms with van der Waals surface area (Å²) < 4.78 is 9.89. The molecule has 1 aliphatic heterocycles. The van der Waals surface area contributed by atoms with E-state index in [0.29, 0.717) is 13.3 Å². The van der Waals surface area contributed by atoms with E-state index in [0.717, 1.165) is 26.3 Å². The first-order valence-corrected chi connectivity index (χ1v) is 4.53. The third kappa shape index (κ3) is 4.10. The van der Waals surface area contributed by atoms with Crippen LogP contribution in [0.4, 0.5) is 4.79 Å².